The number of benzene rings is 1. The van der Waals surface area contributed by atoms with Gasteiger partial charge in [0.15, 0.2) is 0 Å². The Morgan fingerprint density at radius 3 is 2.86 bits per heavy atom. The summed E-state index contributed by atoms with van der Waals surface area (Å²) in [4.78, 5) is 14.1. The largest absolute Gasteiger partial charge is 0.493 e. The topological polar surface area (TPSA) is 41.6 Å². The SMILES string of the molecule is Cc1ccc(OCCC(=O)N2CCNC[C@@H]2C)c(C)c1.Cl. The monoisotopic (exact) mass is 312 g/mol. The van der Waals surface area contributed by atoms with E-state index in [1.54, 1.807) is 0 Å². The Morgan fingerprint density at radius 1 is 1.43 bits per heavy atom. The Bertz CT molecular complexity index is 479. The molecule has 1 N–H and O–H groups in total. The van der Waals surface area contributed by atoms with Crippen LogP contribution in [0.1, 0.15) is 24.5 Å². The average molecular weight is 313 g/mol. The van der Waals surface area contributed by atoms with E-state index < -0.39 is 0 Å². The molecule has 1 heterocycles. The van der Waals surface area contributed by atoms with Crippen molar-refractivity contribution >= 4 is 18.3 Å². The standard InChI is InChI=1S/C16H24N2O2.ClH/c1-12-4-5-15(13(2)10-12)20-9-6-16(19)18-8-7-17-11-14(18)3;/h4-5,10,14,17H,6-9,11H2,1-3H3;1H/t14-;/m0./s1. The highest BCUT2D eigenvalue weighted by Crippen LogP contribution is 2.19. The Labute approximate surface area is 133 Å². The van der Waals surface area contributed by atoms with Gasteiger partial charge in [0.05, 0.1) is 13.0 Å². The number of nitrogens with zero attached hydrogens (tertiary/aromatic N) is 1. The van der Waals surface area contributed by atoms with Crippen molar-refractivity contribution in [1.29, 1.82) is 0 Å². The van der Waals surface area contributed by atoms with Gasteiger partial charge in [-0.25, -0.2) is 0 Å². The zero-order chi connectivity index (χ0) is 14.5. The van der Waals surface area contributed by atoms with Crippen LogP contribution in [0.25, 0.3) is 0 Å². The number of hydrogen-bond donors (Lipinski definition) is 1. The summed E-state index contributed by atoms with van der Waals surface area (Å²) < 4.78 is 5.73. The van der Waals surface area contributed by atoms with Gasteiger partial charge in [-0.15, -0.1) is 12.4 Å². The van der Waals surface area contributed by atoms with E-state index >= 15 is 0 Å². The first-order valence-electron chi connectivity index (χ1n) is 7.28. The molecule has 1 fully saturated rings. The number of amides is 1. The van der Waals surface area contributed by atoms with Gasteiger partial charge in [0, 0.05) is 25.7 Å². The predicted molar refractivity (Wildman–Crippen MR) is 87.3 cm³/mol. The Morgan fingerprint density at radius 2 is 2.19 bits per heavy atom. The smallest absolute Gasteiger partial charge is 0.226 e. The summed E-state index contributed by atoms with van der Waals surface area (Å²) in [6.45, 7) is 9.17. The summed E-state index contributed by atoms with van der Waals surface area (Å²) in [5.74, 6) is 1.06. The maximum Gasteiger partial charge on any atom is 0.226 e. The second-order valence-electron chi connectivity index (χ2n) is 5.51. The number of carbonyl (C=O) groups is 1. The lowest BCUT2D eigenvalue weighted by Gasteiger charge is -2.34. The van der Waals surface area contributed by atoms with Gasteiger partial charge >= 0.3 is 0 Å². The number of hydrogen-bond acceptors (Lipinski definition) is 3. The summed E-state index contributed by atoms with van der Waals surface area (Å²) in [6, 6.07) is 6.37. The van der Waals surface area contributed by atoms with Crippen LogP contribution in [0.4, 0.5) is 0 Å². The summed E-state index contributed by atoms with van der Waals surface area (Å²) in [7, 11) is 0. The van der Waals surface area contributed by atoms with E-state index in [0.717, 1.165) is 30.9 Å². The van der Waals surface area contributed by atoms with Gasteiger partial charge in [-0.05, 0) is 32.4 Å². The molecule has 1 aliphatic rings. The van der Waals surface area contributed by atoms with Crippen LogP contribution in [0, 0.1) is 13.8 Å². The average Bonchev–Trinajstić information content (AvgIpc) is 2.41. The molecule has 2 rings (SSSR count). The zero-order valence-electron chi connectivity index (χ0n) is 13.0. The van der Waals surface area contributed by atoms with Crippen molar-refractivity contribution < 1.29 is 9.53 Å². The Hall–Kier alpha value is -1.26. The van der Waals surface area contributed by atoms with Crippen LogP contribution in [0.2, 0.25) is 0 Å². The minimum atomic E-state index is 0. The molecule has 0 radical (unpaired) electrons. The molecule has 21 heavy (non-hydrogen) atoms. The van der Waals surface area contributed by atoms with Crippen molar-refractivity contribution in [3.05, 3.63) is 29.3 Å². The summed E-state index contributed by atoms with van der Waals surface area (Å²) in [5.41, 5.74) is 2.34. The highest BCUT2D eigenvalue weighted by molar-refractivity contribution is 5.85. The van der Waals surface area contributed by atoms with E-state index in [1.807, 2.05) is 24.0 Å². The first-order chi connectivity index (χ1) is 9.58. The van der Waals surface area contributed by atoms with Gasteiger partial charge in [0.2, 0.25) is 5.91 Å². The van der Waals surface area contributed by atoms with Crippen LogP contribution in [0.3, 0.4) is 0 Å². The van der Waals surface area contributed by atoms with Crippen molar-refractivity contribution in [1.82, 2.24) is 10.2 Å². The molecule has 0 aromatic heterocycles. The minimum Gasteiger partial charge on any atom is -0.493 e. The van der Waals surface area contributed by atoms with E-state index in [0.29, 0.717) is 13.0 Å². The number of piperazine rings is 1. The van der Waals surface area contributed by atoms with Gasteiger partial charge in [0.25, 0.3) is 0 Å². The maximum absolute atomic E-state index is 12.2. The molecule has 5 heteroatoms. The molecule has 0 unspecified atom stereocenters. The summed E-state index contributed by atoms with van der Waals surface area (Å²) >= 11 is 0. The lowest BCUT2D eigenvalue weighted by molar-refractivity contribution is -0.134. The van der Waals surface area contributed by atoms with E-state index in [1.165, 1.54) is 5.56 Å². The predicted octanol–water partition coefficient (Wildman–Crippen LogP) is 2.31. The quantitative estimate of drug-likeness (QED) is 0.927. The normalized spacial score (nSPS) is 18.0. The highest BCUT2D eigenvalue weighted by Gasteiger charge is 2.22. The highest BCUT2D eigenvalue weighted by atomic mass is 35.5. The first-order valence-corrected chi connectivity index (χ1v) is 7.28. The van der Waals surface area contributed by atoms with E-state index in [4.69, 9.17) is 4.74 Å². The molecule has 1 amide bonds. The molecular formula is C16H25ClN2O2. The molecule has 0 aliphatic carbocycles. The van der Waals surface area contributed by atoms with E-state index in [-0.39, 0.29) is 24.4 Å². The van der Waals surface area contributed by atoms with Crippen LogP contribution in [-0.4, -0.2) is 43.1 Å². The molecule has 0 saturated carbocycles. The molecule has 1 aromatic rings. The molecule has 118 valence electrons. The van der Waals surface area contributed by atoms with Gasteiger partial charge < -0.3 is 15.0 Å². The molecule has 1 aliphatic heterocycles. The van der Waals surface area contributed by atoms with Crippen molar-refractivity contribution in [2.75, 3.05) is 26.2 Å². The molecule has 1 atom stereocenters. The number of aryl methyl sites for hydroxylation is 2. The minimum absolute atomic E-state index is 0. The molecule has 1 aromatic carbocycles. The number of rotatable bonds is 4. The van der Waals surface area contributed by atoms with Crippen LogP contribution in [0.5, 0.6) is 5.75 Å². The first kappa shape index (κ1) is 17.8. The maximum atomic E-state index is 12.2. The fourth-order valence-electron chi connectivity index (χ4n) is 2.56. The number of nitrogens with one attached hydrogen (secondary N) is 1. The lowest BCUT2D eigenvalue weighted by Crippen LogP contribution is -2.52. The van der Waals surface area contributed by atoms with Crippen LogP contribution in [-0.2, 0) is 4.79 Å². The number of ether oxygens (including phenoxy) is 1. The Balaban J connectivity index is 0.00000220. The third-order valence-corrected chi connectivity index (χ3v) is 3.73. The Kier molecular flexibility index (Phi) is 6.99. The molecule has 0 spiro atoms. The van der Waals surface area contributed by atoms with Crippen LogP contribution < -0.4 is 10.1 Å². The second kappa shape index (κ2) is 8.25. The van der Waals surface area contributed by atoms with Gasteiger partial charge in [-0.1, -0.05) is 17.7 Å². The third-order valence-electron chi connectivity index (χ3n) is 3.73. The number of halogens is 1. The molecule has 4 nitrogen and oxygen atoms in total. The number of carbonyl (C=O) groups excluding carboxylic acids is 1. The van der Waals surface area contributed by atoms with Gasteiger partial charge in [-0.2, -0.15) is 0 Å². The van der Waals surface area contributed by atoms with Crippen LogP contribution >= 0.6 is 12.4 Å². The van der Waals surface area contributed by atoms with Crippen molar-refractivity contribution in [2.45, 2.75) is 33.2 Å². The summed E-state index contributed by atoms with van der Waals surface area (Å²) in [6.07, 6.45) is 0.442. The van der Waals surface area contributed by atoms with E-state index in [9.17, 15) is 4.79 Å². The fourth-order valence-corrected chi connectivity index (χ4v) is 2.56. The molecule has 1 saturated heterocycles. The lowest BCUT2D eigenvalue weighted by atomic mass is 10.1. The molecular weight excluding hydrogens is 288 g/mol. The van der Waals surface area contributed by atoms with Crippen molar-refractivity contribution in [3.8, 4) is 5.75 Å². The van der Waals surface area contributed by atoms with Gasteiger partial charge in [-0.3, -0.25) is 4.79 Å². The van der Waals surface area contributed by atoms with Crippen molar-refractivity contribution in [2.24, 2.45) is 0 Å². The van der Waals surface area contributed by atoms with Crippen LogP contribution in [0.15, 0.2) is 18.2 Å². The zero-order valence-corrected chi connectivity index (χ0v) is 13.8. The third kappa shape index (κ3) is 4.90. The van der Waals surface area contributed by atoms with Gasteiger partial charge in [0.1, 0.15) is 5.75 Å². The van der Waals surface area contributed by atoms with Crippen molar-refractivity contribution in [3.63, 3.8) is 0 Å². The van der Waals surface area contributed by atoms with E-state index in [2.05, 4.69) is 25.2 Å². The molecule has 0 bridgehead atoms. The fraction of sp³-hybridized carbons (Fsp3) is 0.562. The summed E-state index contributed by atoms with van der Waals surface area (Å²) in [5, 5.41) is 3.29. The second-order valence-corrected chi connectivity index (χ2v) is 5.51.